The van der Waals surface area contributed by atoms with Gasteiger partial charge in [-0.25, -0.2) is 0 Å². The van der Waals surface area contributed by atoms with Crippen LogP contribution in [0.4, 0.5) is 0 Å². The second kappa shape index (κ2) is 13.2. The molecule has 0 aliphatic carbocycles. The lowest BCUT2D eigenvalue weighted by Gasteiger charge is -2.26. The molecule has 0 radical (unpaired) electrons. The Morgan fingerprint density at radius 3 is 0.708 bits per heavy atom. The molecule has 0 saturated carbocycles. The van der Waals surface area contributed by atoms with Crippen LogP contribution < -0.4 is 0 Å². The van der Waals surface area contributed by atoms with E-state index in [1.807, 2.05) is 12.1 Å². The zero-order chi connectivity index (χ0) is 35.7. The summed E-state index contributed by atoms with van der Waals surface area (Å²) in [6.07, 6.45) is 0. The van der Waals surface area contributed by atoms with Crippen molar-refractivity contribution >= 4 is 69.6 Å². The highest BCUT2D eigenvalue weighted by atomic mass is 127. The molecule has 0 atom stereocenters. The third-order valence-electron chi connectivity index (χ3n) is 8.47. The molecule has 1 aliphatic heterocycles. The normalized spacial score (nSPS) is 14.3. The molecule has 48 heavy (non-hydrogen) atoms. The Morgan fingerprint density at radius 1 is 0.354 bits per heavy atom. The maximum Gasteiger partial charge on any atom is 0.143 e. The smallest absolute Gasteiger partial charge is 0.143 e. The molecule has 0 spiro atoms. The molecule has 0 saturated heterocycles. The molecule has 8 bridgehead atoms. The van der Waals surface area contributed by atoms with Crippen LogP contribution in [0.15, 0.2) is 87.7 Å². The first kappa shape index (κ1) is 37.7. The lowest BCUT2D eigenvalue weighted by Crippen LogP contribution is -2.12. The number of halogens is 1. The van der Waals surface area contributed by atoms with Crippen molar-refractivity contribution in [3.05, 3.63) is 74.4 Å². The van der Waals surface area contributed by atoms with E-state index >= 15 is 0 Å². The lowest BCUT2D eigenvalue weighted by molar-refractivity contribution is 0.443. The summed E-state index contributed by atoms with van der Waals surface area (Å²) in [5.41, 5.74) is 3.82. The minimum atomic E-state index is -0.198. The van der Waals surface area contributed by atoms with Crippen LogP contribution in [0.25, 0.3) is 0 Å². The average Bonchev–Trinajstić information content (AvgIpc) is 2.93. The van der Waals surface area contributed by atoms with Gasteiger partial charge in [-0.2, -0.15) is 0 Å². The maximum absolute atomic E-state index is 11.9. The van der Waals surface area contributed by atoms with Gasteiger partial charge in [0.1, 0.15) is 17.2 Å². The van der Waals surface area contributed by atoms with Gasteiger partial charge >= 0.3 is 0 Å². The van der Waals surface area contributed by atoms with Crippen LogP contribution in [0.2, 0.25) is 0 Å². The summed E-state index contributed by atoms with van der Waals surface area (Å²) in [6.45, 7) is 26.3. The van der Waals surface area contributed by atoms with Crippen molar-refractivity contribution < 1.29 is 15.3 Å². The summed E-state index contributed by atoms with van der Waals surface area (Å²) in [5, 5.41) is 35.7. The molecule has 3 N–H and O–H groups in total. The molecular formula is C40H47IO3S4. The number of fused-ring (bicyclic) bond motifs is 8. The van der Waals surface area contributed by atoms with E-state index in [2.05, 4.69) is 142 Å². The van der Waals surface area contributed by atoms with Crippen LogP contribution >= 0.6 is 69.6 Å². The number of hydrogen-bond donors (Lipinski definition) is 3. The van der Waals surface area contributed by atoms with Crippen LogP contribution in [-0.2, 0) is 21.7 Å². The molecule has 256 valence electrons. The van der Waals surface area contributed by atoms with E-state index in [1.165, 1.54) is 29.1 Å². The zero-order valence-corrected chi connectivity index (χ0v) is 35.4. The molecule has 1 aliphatic rings. The highest BCUT2D eigenvalue weighted by molar-refractivity contribution is 14.1. The van der Waals surface area contributed by atoms with Crippen molar-refractivity contribution in [3.63, 3.8) is 0 Å². The first-order chi connectivity index (χ1) is 21.9. The molecule has 3 nitrogen and oxygen atoms in total. The first-order valence-electron chi connectivity index (χ1n) is 16.1. The standard InChI is InChI=1S/C40H47IO3S4/c1-37(2,3)21-13-25-33(41)26(14-21)46-28-16-23(39(7,8)9)18-30(35(28)43)48-32-20-24(40(10,11)12)19-31(36(32)44)47-29-17-22(38(4,5)6)15-27(45-25)34(29)42/h13-20,42-44H,1-12H3. The summed E-state index contributed by atoms with van der Waals surface area (Å²) in [6, 6.07) is 16.9. The summed E-state index contributed by atoms with van der Waals surface area (Å²) >= 11 is 8.37. The monoisotopic (exact) mass is 830 g/mol. The van der Waals surface area contributed by atoms with Crippen LogP contribution in [0.3, 0.4) is 0 Å². The number of benzene rings is 4. The SMILES string of the molecule is CC(C)(C)c1cc2c(O)c(c1)Sc1cc(C(C)(C)C)cc(c1O)Sc1cc(C(C)(C)C)cc(c1I)Sc1cc(C(C)(C)C)cc(c1O)S2. The molecule has 0 amide bonds. The second-order valence-corrected chi connectivity index (χ2v) is 22.1. The van der Waals surface area contributed by atoms with Gasteiger partial charge in [0.15, 0.2) is 0 Å². The van der Waals surface area contributed by atoms with Gasteiger partial charge in [-0.15, -0.1) is 0 Å². The number of phenolic OH excluding ortho intramolecular Hbond substituents is 3. The van der Waals surface area contributed by atoms with E-state index in [1.54, 1.807) is 23.5 Å². The summed E-state index contributed by atoms with van der Waals surface area (Å²) < 4.78 is 1.07. The molecule has 0 aromatic heterocycles. The van der Waals surface area contributed by atoms with Gasteiger partial charge in [-0.3, -0.25) is 0 Å². The predicted molar refractivity (Wildman–Crippen MR) is 215 cm³/mol. The minimum absolute atomic E-state index is 0.118. The van der Waals surface area contributed by atoms with Crippen LogP contribution in [0.1, 0.15) is 105 Å². The van der Waals surface area contributed by atoms with Crippen LogP contribution in [0.5, 0.6) is 17.2 Å². The Bertz CT molecular complexity index is 1530. The van der Waals surface area contributed by atoms with Crippen molar-refractivity contribution in [1.29, 1.82) is 0 Å². The Morgan fingerprint density at radius 2 is 0.521 bits per heavy atom. The number of hydrogen-bond acceptors (Lipinski definition) is 7. The molecule has 4 aromatic rings. The Hall–Kier alpha value is -1.59. The van der Waals surface area contributed by atoms with E-state index in [4.69, 9.17) is 0 Å². The Balaban J connectivity index is 1.89. The number of phenols is 3. The fourth-order valence-electron chi connectivity index (χ4n) is 5.14. The maximum atomic E-state index is 11.9. The van der Waals surface area contributed by atoms with Gasteiger partial charge in [0.25, 0.3) is 0 Å². The Kier molecular flexibility index (Phi) is 10.3. The van der Waals surface area contributed by atoms with Gasteiger partial charge in [0.2, 0.25) is 0 Å². The first-order valence-corrected chi connectivity index (χ1v) is 20.5. The highest BCUT2D eigenvalue weighted by Crippen LogP contribution is 2.54. The highest BCUT2D eigenvalue weighted by Gasteiger charge is 2.28. The minimum Gasteiger partial charge on any atom is -0.506 e. The number of rotatable bonds is 0. The second-order valence-electron chi connectivity index (χ2n) is 16.7. The van der Waals surface area contributed by atoms with Crippen molar-refractivity contribution in [3.8, 4) is 17.2 Å². The zero-order valence-electron chi connectivity index (χ0n) is 30.0. The van der Waals surface area contributed by atoms with E-state index in [9.17, 15) is 15.3 Å². The average molecular weight is 831 g/mol. The van der Waals surface area contributed by atoms with Gasteiger partial charge < -0.3 is 15.3 Å². The fourth-order valence-corrected chi connectivity index (χ4v) is 10.4. The predicted octanol–water partition coefficient (Wildman–Crippen LogP) is 13.5. The quantitative estimate of drug-likeness (QED) is 0.134. The van der Waals surface area contributed by atoms with Gasteiger partial charge in [0.05, 0.1) is 29.4 Å². The molecule has 0 fully saturated rings. The van der Waals surface area contributed by atoms with Crippen LogP contribution in [-0.4, -0.2) is 15.3 Å². The van der Waals surface area contributed by atoms with Gasteiger partial charge in [-0.1, -0.05) is 130 Å². The van der Waals surface area contributed by atoms with Crippen LogP contribution in [0, 0.1) is 3.57 Å². The van der Waals surface area contributed by atoms with Gasteiger partial charge in [0, 0.05) is 13.4 Å². The fraction of sp³-hybridized carbons (Fsp3) is 0.400. The van der Waals surface area contributed by atoms with Crippen molar-refractivity contribution in [1.82, 2.24) is 0 Å². The summed E-state index contributed by atoms with van der Waals surface area (Å²) in [5.74, 6) is 0.566. The molecule has 0 unspecified atom stereocenters. The number of aromatic hydroxyl groups is 3. The van der Waals surface area contributed by atoms with E-state index in [0.29, 0.717) is 19.6 Å². The largest absolute Gasteiger partial charge is 0.506 e. The third kappa shape index (κ3) is 7.98. The van der Waals surface area contributed by atoms with Gasteiger partial charge in [-0.05, 0) is 115 Å². The molecule has 1 heterocycles. The van der Waals surface area contributed by atoms with Crippen molar-refractivity contribution in [2.75, 3.05) is 0 Å². The van der Waals surface area contributed by atoms with E-state index < -0.39 is 0 Å². The lowest BCUT2D eigenvalue weighted by atomic mass is 9.87. The molecule has 8 heteroatoms. The summed E-state index contributed by atoms with van der Waals surface area (Å²) in [4.78, 5) is 6.39. The molecule has 5 rings (SSSR count). The Labute approximate surface area is 318 Å². The summed E-state index contributed by atoms with van der Waals surface area (Å²) in [7, 11) is 0. The van der Waals surface area contributed by atoms with Crippen molar-refractivity contribution in [2.24, 2.45) is 0 Å². The van der Waals surface area contributed by atoms with E-state index in [-0.39, 0.29) is 38.9 Å². The topological polar surface area (TPSA) is 60.7 Å². The van der Waals surface area contributed by atoms with E-state index in [0.717, 1.165) is 39.8 Å². The molecular weight excluding hydrogens is 784 g/mol. The third-order valence-corrected chi connectivity index (χ3v) is 14.6. The molecule has 4 aromatic carbocycles. The van der Waals surface area contributed by atoms with Crippen molar-refractivity contribution in [2.45, 2.75) is 144 Å².